The largest absolute Gasteiger partial charge is 0.316 e. The van der Waals surface area contributed by atoms with Gasteiger partial charge in [0.05, 0.1) is 0 Å². The highest BCUT2D eigenvalue weighted by atomic mass is 14.8. The second kappa shape index (κ2) is 5.92. The maximum absolute atomic E-state index is 4.21. The van der Waals surface area contributed by atoms with Crippen molar-refractivity contribution in [2.45, 2.75) is 0 Å². The summed E-state index contributed by atoms with van der Waals surface area (Å²) in [6.45, 7) is 0.879. The lowest BCUT2D eigenvalue weighted by Crippen LogP contribution is -2.03. The molecular weight excluding hydrogens is 210 g/mol. The van der Waals surface area contributed by atoms with Gasteiger partial charge < -0.3 is 5.32 Å². The summed E-state index contributed by atoms with van der Waals surface area (Å²) in [5, 5.41) is 3.07. The smallest absolute Gasteiger partial charge is 0.159 e. The number of aromatic nitrogens is 2. The molecule has 0 atom stereocenters. The zero-order valence-electron chi connectivity index (χ0n) is 9.80. The van der Waals surface area contributed by atoms with Crippen molar-refractivity contribution in [2.75, 3.05) is 13.6 Å². The van der Waals surface area contributed by atoms with E-state index in [1.807, 2.05) is 25.2 Å². The van der Waals surface area contributed by atoms with Gasteiger partial charge in [-0.2, -0.15) is 0 Å². The maximum atomic E-state index is 4.21. The second-order valence-corrected chi connectivity index (χ2v) is 3.65. The SMILES string of the molecule is CNC/C=C/c1ccc(-c2ncccn2)cc1. The molecule has 0 saturated carbocycles. The quantitative estimate of drug-likeness (QED) is 0.868. The van der Waals surface area contributed by atoms with Gasteiger partial charge in [-0.15, -0.1) is 0 Å². The summed E-state index contributed by atoms with van der Waals surface area (Å²) < 4.78 is 0. The zero-order valence-corrected chi connectivity index (χ0v) is 9.80. The van der Waals surface area contributed by atoms with Crippen LogP contribution in [0.5, 0.6) is 0 Å². The van der Waals surface area contributed by atoms with Crippen LogP contribution in [-0.2, 0) is 0 Å². The summed E-state index contributed by atoms with van der Waals surface area (Å²) in [6, 6.07) is 10.0. The van der Waals surface area contributed by atoms with Crippen LogP contribution in [0.1, 0.15) is 5.56 Å². The molecule has 2 aromatic rings. The van der Waals surface area contributed by atoms with E-state index in [-0.39, 0.29) is 0 Å². The number of hydrogen-bond acceptors (Lipinski definition) is 3. The van der Waals surface area contributed by atoms with Gasteiger partial charge in [0.1, 0.15) is 0 Å². The van der Waals surface area contributed by atoms with Crippen LogP contribution in [0.25, 0.3) is 17.5 Å². The number of benzene rings is 1. The molecule has 1 heterocycles. The van der Waals surface area contributed by atoms with E-state index >= 15 is 0 Å². The van der Waals surface area contributed by atoms with Gasteiger partial charge in [0.2, 0.25) is 0 Å². The maximum Gasteiger partial charge on any atom is 0.159 e. The monoisotopic (exact) mass is 225 g/mol. The van der Waals surface area contributed by atoms with Crippen LogP contribution < -0.4 is 5.32 Å². The fraction of sp³-hybridized carbons (Fsp3) is 0.143. The minimum atomic E-state index is 0.762. The molecule has 0 aliphatic carbocycles. The minimum absolute atomic E-state index is 0.762. The predicted molar refractivity (Wildman–Crippen MR) is 70.4 cm³/mol. The molecule has 0 fully saturated rings. The van der Waals surface area contributed by atoms with Crippen LogP contribution in [0.2, 0.25) is 0 Å². The molecule has 86 valence electrons. The number of hydrogen-bond donors (Lipinski definition) is 1. The summed E-state index contributed by atoms with van der Waals surface area (Å²) in [4.78, 5) is 8.43. The van der Waals surface area contributed by atoms with E-state index < -0.39 is 0 Å². The van der Waals surface area contributed by atoms with Gasteiger partial charge in [0.25, 0.3) is 0 Å². The Balaban J connectivity index is 2.13. The van der Waals surface area contributed by atoms with E-state index in [2.05, 4.69) is 39.6 Å². The first-order chi connectivity index (χ1) is 8.40. The minimum Gasteiger partial charge on any atom is -0.316 e. The van der Waals surface area contributed by atoms with Crippen molar-refractivity contribution >= 4 is 6.08 Å². The summed E-state index contributed by atoms with van der Waals surface area (Å²) in [6.07, 6.45) is 7.69. The standard InChI is InChI=1S/C14H15N3/c1-15-9-2-4-12-5-7-13(8-6-12)14-16-10-3-11-17-14/h2-8,10-11,15H,9H2,1H3/b4-2+. The average molecular weight is 225 g/mol. The molecule has 0 saturated heterocycles. The Kier molecular flexibility index (Phi) is 4.00. The Morgan fingerprint density at radius 2 is 1.82 bits per heavy atom. The van der Waals surface area contributed by atoms with Crippen molar-refractivity contribution in [1.29, 1.82) is 0 Å². The normalized spacial score (nSPS) is 10.9. The van der Waals surface area contributed by atoms with E-state index in [1.165, 1.54) is 5.56 Å². The first-order valence-electron chi connectivity index (χ1n) is 5.59. The Morgan fingerprint density at radius 3 is 2.47 bits per heavy atom. The summed E-state index contributed by atoms with van der Waals surface area (Å²) >= 11 is 0. The lowest BCUT2D eigenvalue weighted by molar-refractivity contribution is 0.922. The number of nitrogens with one attached hydrogen (secondary N) is 1. The van der Waals surface area contributed by atoms with Crippen LogP contribution in [-0.4, -0.2) is 23.6 Å². The number of likely N-dealkylation sites (N-methyl/N-ethyl adjacent to an activating group) is 1. The predicted octanol–water partition coefficient (Wildman–Crippen LogP) is 2.38. The lowest BCUT2D eigenvalue weighted by Gasteiger charge is -1.99. The van der Waals surface area contributed by atoms with Crippen molar-refractivity contribution in [3.63, 3.8) is 0 Å². The van der Waals surface area contributed by atoms with E-state index in [4.69, 9.17) is 0 Å². The van der Waals surface area contributed by atoms with Crippen LogP contribution in [0.4, 0.5) is 0 Å². The van der Waals surface area contributed by atoms with E-state index in [0.29, 0.717) is 0 Å². The van der Waals surface area contributed by atoms with Gasteiger partial charge >= 0.3 is 0 Å². The Morgan fingerprint density at radius 1 is 1.12 bits per heavy atom. The molecule has 0 amide bonds. The number of rotatable bonds is 4. The fourth-order valence-electron chi connectivity index (χ4n) is 1.50. The Labute approximate surface area is 101 Å². The highest BCUT2D eigenvalue weighted by Crippen LogP contribution is 2.15. The van der Waals surface area contributed by atoms with Crippen molar-refractivity contribution in [2.24, 2.45) is 0 Å². The van der Waals surface area contributed by atoms with Gasteiger partial charge in [0.15, 0.2) is 5.82 Å². The molecule has 1 N–H and O–H groups in total. The van der Waals surface area contributed by atoms with Crippen LogP contribution in [0, 0.1) is 0 Å². The molecule has 17 heavy (non-hydrogen) atoms. The van der Waals surface area contributed by atoms with Crippen molar-refractivity contribution in [3.05, 3.63) is 54.4 Å². The van der Waals surface area contributed by atoms with Crippen molar-refractivity contribution in [1.82, 2.24) is 15.3 Å². The van der Waals surface area contributed by atoms with E-state index in [0.717, 1.165) is 17.9 Å². The van der Waals surface area contributed by atoms with Gasteiger partial charge in [-0.05, 0) is 18.7 Å². The molecule has 2 rings (SSSR count). The number of nitrogens with zero attached hydrogens (tertiary/aromatic N) is 2. The van der Waals surface area contributed by atoms with Crippen LogP contribution in [0.15, 0.2) is 48.8 Å². The molecule has 1 aromatic carbocycles. The third-order valence-corrected chi connectivity index (χ3v) is 2.37. The molecular formula is C14H15N3. The fourth-order valence-corrected chi connectivity index (χ4v) is 1.50. The highest BCUT2D eigenvalue weighted by molar-refractivity contribution is 5.59. The first kappa shape index (κ1) is 11.5. The molecule has 0 aliphatic heterocycles. The Bertz CT molecular complexity index is 475. The molecule has 1 aromatic heterocycles. The van der Waals surface area contributed by atoms with Crippen molar-refractivity contribution in [3.8, 4) is 11.4 Å². The summed E-state index contributed by atoms with van der Waals surface area (Å²) in [5.41, 5.74) is 2.22. The van der Waals surface area contributed by atoms with E-state index in [1.54, 1.807) is 12.4 Å². The van der Waals surface area contributed by atoms with Crippen LogP contribution in [0.3, 0.4) is 0 Å². The molecule has 0 spiro atoms. The molecule has 3 nitrogen and oxygen atoms in total. The average Bonchev–Trinajstić information content (AvgIpc) is 2.41. The van der Waals surface area contributed by atoms with Crippen molar-refractivity contribution < 1.29 is 0 Å². The molecule has 0 aliphatic rings. The molecule has 3 heteroatoms. The third-order valence-electron chi connectivity index (χ3n) is 2.37. The molecule has 0 bridgehead atoms. The first-order valence-corrected chi connectivity index (χ1v) is 5.59. The zero-order chi connectivity index (χ0) is 11.9. The Hall–Kier alpha value is -2.00. The lowest BCUT2D eigenvalue weighted by atomic mass is 10.1. The van der Waals surface area contributed by atoms with Gasteiger partial charge in [-0.3, -0.25) is 0 Å². The summed E-state index contributed by atoms with van der Waals surface area (Å²) in [7, 11) is 1.93. The molecule has 0 unspecified atom stereocenters. The van der Waals surface area contributed by atoms with E-state index in [9.17, 15) is 0 Å². The van der Waals surface area contributed by atoms with Crippen LogP contribution >= 0.6 is 0 Å². The van der Waals surface area contributed by atoms with Gasteiger partial charge in [-0.1, -0.05) is 36.4 Å². The summed E-state index contributed by atoms with van der Waals surface area (Å²) in [5.74, 6) is 0.762. The topological polar surface area (TPSA) is 37.8 Å². The van der Waals surface area contributed by atoms with Gasteiger partial charge in [0, 0.05) is 24.5 Å². The highest BCUT2D eigenvalue weighted by Gasteiger charge is 1.98. The molecule has 0 radical (unpaired) electrons. The third kappa shape index (κ3) is 3.23. The second-order valence-electron chi connectivity index (χ2n) is 3.65. The van der Waals surface area contributed by atoms with Gasteiger partial charge in [-0.25, -0.2) is 9.97 Å².